The van der Waals surface area contributed by atoms with Gasteiger partial charge in [-0.1, -0.05) is 18.2 Å². The smallest absolute Gasteiger partial charge is 0.550 e. The van der Waals surface area contributed by atoms with Gasteiger partial charge in [-0.15, -0.1) is 0 Å². The van der Waals surface area contributed by atoms with Crippen LogP contribution in [-0.4, -0.2) is 39.6 Å². The summed E-state index contributed by atoms with van der Waals surface area (Å²) in [6, 6.07) is 16.2. The average molecular weight is 573 g/mol. The van der Waals surface area contributed by atoms with Crippen LogP contribution in [0.25, 0.3) is 11.1 Å². The second-order valence-corrected chi connectivity index (χ2v) is 12.8. The van der Waals surface area contributed by atoms with Crippen molar-refractivity contribution in [1.29, 1.82) is 0 Å². The number of carboxylic acid groups (broad SMARTS) is 1. The van der Waals surface area contributed by atoms with E-state index >= 15 is 0 Å². The molecule has 1 heterocycles. The van der Waals surface area contributed by atoms with Crippen molar-refractivity contribution >= 4 is 15.8 Å². The van der Waals surface area contributed by atoms with Crippen molar-refractivity contribution in [3.05, 3.63) is 76.3 Å². The molecule has 0 fully saturated rings. The summed E-state index contributed by atoms with van der Waals surface area (Å²) in [5.41, 5.74) is 8.07. The third-order valence-corrected chi connectivity index (χ3v) is 8.37. The summed E-state index contributed by atoms with van der Waals surface area (Å²) < 4.78 is 40.5. The van der Waals surface area contributed by atoms with Gasteiger partial charge in [-0.25, -0.2) is 8.42 Å². The number of carbonyl (C=O) groups excluding carboxylic acids is 1. The fourth-order valence-electron chi connectivity index (χ4n) is 5.52. The summed E-state index contributed by atoms with van der Waals surface area (Å²) in [5.74, 6) is 0.974. The third kappa shape index (κ3) is 7.40. The minimum Gasteiger partial charge on any atom is -0.550 e. The van der Waals surface area contributed by atoms with Crippen LogP contribution in [0.5, 0.6) is 17.2 Å². The van der Waals surface area contributed by atoms with E-state index in [9.17, 15) is 18.3 Å². The van der Waals surface area contributed by atoms with Gasteiger partial charge in [0, 0.05) is 29.8 Å². The number of hydrogen-bond donors (Lipinski definition) is 0. The van der Waals surface area contributed by atoms with Crippen molar-refractivity contribution in [2.45, 2.75) is 51.6 Å². The molecule has 1 aliphatic carbocycles. The summed E-state index contributed by atoms with van der Waals surface area (Å²) in [7, 11) is -2.99. The normalized spacial score (nSPS) is 15.5. The fraction of sp³-hybridized carbons (Fsp3) is 0.387. The molecule has 7 nitrogen and oxygen atoms in total. The molecular weight excluding hydrogens is 539 g/mol. The predicted octanol–water partition coefficient (Wildman–Crippen LogP) is 1.16. The van der Waals surface area contributed by atoms with Crippen molar-refractivity contribution in [2.75, 3.05) is 25.2 Å². The number of rotatable bonds is 10. The summed E-state index contributed by atoms with van der Waals surface area (Å²) >= 11 is 0. The number of sulfone groups is 1. The molecule has 2 aliphatic rings. The Kier molecular flexibility index (Phi) is 9.88. The Hall–Kier alpha value is -2.52. The van der Waals surface area contributed by atoms with Gasteiger partial charge in [0.25, 0.3) is 0 Å². The molecule has 1 aliphatic heterocycles. The average Bonchev–Trinajstić information content (AvgIpc) is 3.16. The van der Waals surface area contributed by atoms with Crippen LogP contribution in [0.2, 0.25) is 0 Å². The van der Waals surface area contributed by atoms with Crippen molar-refractivity contribution < 1.29 is 62.1 Å². The fourth-order valence-corrected chi connectivity index (χ4v) is 6.16. The number of ether oxygens (including phenoxy) is 3. The second kappa shape index (κ2) is 13.0. The Bertz CT molecular complexity index is 1500. The molecule has 0 amide bonds. The van der Waals surface area contributed by atoms with Gasteiger partial charge >= 0.3 is 29.6 Å². The maximum atomic E-state index is 11.4. The van der Waals surface area contributed by atoms with E-state index in [1.54, 1.807) is 0 Å². The molecule has 206 valence electrons. The van der Waals surface area contributed by atoms with Gasteiger partial charge in [-0.05, 0) is 96.7 Å². The molecule has 0 radical (unpaired) electrons. The molecular formula is C31H33NaO7S. The molecule has 0 aromatic heterocycles. The van der Waals surface area contributed by atoms with Crippen LogP contribution in [0.4, 0.5) is 0 Å². The van der Waals surface area contributed by atoms with Gasteiger partial charge < -0.3 is 24.1 Å². The Morgan fingerprint density at radius 3 is 2.60 bits per heavy atom. The SMILES string of the molecule is Cc1cc(OCCCS(C)(=O)=O)cc2c1-c1cc(COc3ccc4c(c3)OC[C@H]4CC(=O)[O-])ccc1CCC2.[Na+]. The van der Waals surface area contributed by atoms with Crippen LogP contribution in [0.15, 0.2) is 48.5 Å². The first-order valence-electron chi connectivity index (χ1n) is 13.3. The summed E-state index contributed by atoms with van der Waals surface area (Å²) in [6.45, 7) is 3.20. The molecule has 40 heavy (non-hydrogen) atoms. The standard InChI is InChI=1S/C31H34O7S.Na/c1-20-13-26(36-11-4-12-39(2,34)35)15-23-6-3-5-22-8-7-21(14-28(22)31(20)23)18-37-25-9-10-27-24(16-30(32)33)19-38-29(27)17-25;/h7-10,13-15,17,24H,3-6,11-12,16,18-19H2,1-2H3,(H,32,33);/q;+1/p-1/t24-;/m1./s1. The number of carboxylic acids is 1. The molecule has 0 saturated carbocycles. The van der Waals surface area contributed by atoms with E-state index in [0.717, 1.165) is 41.7 Å². The zero-order valence-electron chi connectivity index (χ0n) is 23.3. The maximum Gasteiger partial charge on any atom is 1.00 e. The van der Waals surface area contributed by atoms with E-state index < -0.39 is 15.8 Å². The zero-order valence-corrected chi connectivity index (χ0v) is 26.1. The van der Waals surface area contributed by atoms with Crippen molar-refractivity contribution in [2.24, 2.45) is 0 Å². The van der Waals surface area contributed by atoms with Crippen LogP contribution in [0, 0.1) is 6.92 Å². The van der Waals surface area contributed by atoms with Crippen LogP contribution >= 0.6 is 0 Å². The topological polar surface area (TPSA) is 102 Å². The number of aryl methyl sites for hydroxylation is 3. The third-order valence-electron chi connectivity index (χ3n) is 7.34. The Morgan fingerprint density at radius 2 is 1.82 bits per heavy atom. The van der Waals surface area contributed by atoms with Gasteiger partial charge in [0.05, 0.1) is 19.0 Å². The summed E-state index contributed by atoms with van der Waals surface area (Å²) in [6.07, 6.45) is 4.64. The van der Waals surface area contributed by atoms with E-state index in [0.29, 0.717) is 37.7 Å². The number of fused-ring (bicyclic) bond motifs is 4. The predicted molar refractivity (Wildman–Crippen MR) is 147 cm³/mol. The van der Waals surface area contributed by atoms with Crippen LogP contribution in [-0.2, 0) is 34.1 Å². The molecule has 3 aromatic carbocycles. The number of aliphatic carboxylic acids is 1. The van der Waals surface area contributed by atoms with Crippen molar-refractivity contribution in [3.8, 4) is 28.4 Å². The van der Waals surface area contributed by atoms with Crippen molar-refractivity contribution in [1.82, 2.24) is 0 Å². The van der Waals surface area contributed by atoms with Crippen LogP contribution in [0.1, 0.15) is 53.0 Å². The molecule has 0 saturated heterocycles. The molecule has 9 heteroatoms. The van der Waals surface area contributed by atoms with Gasteiger partial charge in [0.15, 0.2) is 0 Å². The van der Waals surface area contributed by atoms with Crippen LogP contribution < -0.4 is 48.9 Å². The van der Waals surface area contributed by atoms with Gasteiger partial charge in [0.1, 0.15) is 33.7 Å². The molecule has 0 N–H and O–H groups in total. The summed E-state index contributed by atoms with van der Waals surface area (Å²) in [4.78, 5) is 11.0. The van der Waals surface area contributed by atoms with E-state index in [2.05, 4.69) is 31.2 Å². The Morgan fingerprint density at radius 1 is 1.02 bits per heavy atom. The van der Waals surface area contributed by atoms with Gasteiger partial charge in [-0.3, -0.25) is 0 Å². The molecule has 0 unspecified atom stereocenters. The molecule has 1 atom stereocenters. The first-order valence-corrected chi connectivity index (χ1v) is 15.4. The summed E-state index contributed by atoms with van der Waals surface area (Å²) in [5, 5.41) is 11.0. The molecule has 0 bridgehead atoms. The molecule has 3 aromatic rings. The maximum absolute atomic E-state index is 11.4. The Balaban J connectivity index is 0.00000370. The molecule has 0 spiro atoms. The van der Waals surface area contributed by atoms with Gasteiger partial charge in [-0.2, -0.15) is 0 Å². The van der Waals surface area contributed by atoms with E-state index in [1.165, 1.54) is 28.5 Å². The molecule has 5 rings (SSSR count). The number of carbonyl (C=O) groups is 1. The monoisotopic (exact) mass is 572 g/mol. The zero-order chi connectivity index (χ0) is 27.6. The quantitative estimate of drug-likeness (QED) is 0.266. The first-order chi connectivity index (χ1) is 18.7. The van der Waals surface area contributed by atoms with Crippen LogP contribution in [0.3, 0.4) is 0 Å². The van der Waals surface area contributed by atoms with Gasteiger partial charge in [0.2, 0.25) is 0 Å². The van der Waals surface area contributed by atoms with Crippen molar-refractivity contribution in [3.63, 3.8) is 0 Å². The van der Waals surface area contributed by atoms with E-state index in [4.69, 9.17) is 14.2 Å². The van der Waals surface area contributed by atoms with E-state index in [1.807, 2.05) is 24.3 Å². The largest absolute Gasteiger partial charge is 1.00 e. The Labute approximate surface area is 258 Å². The second-order valence-electron chi connectivity index (χ2n) is 10.5. The number of hydrogen-bond acceptors (Lipinski definition) is 7. The first kappa shape index (κ1) is 30.4. The minimum absolute atomic E-state index is 0. The minimum atomic E-state index is -2.99. The van der Waals surface area contributed by atoms with E-state index in [-0.39, 0.29) is 47.6 Å². The number of benzene rings is 3.